The Morgan fingerprint density at radius 2 is 1.61 bits per heavy atom. The zero-order valence-corrected chi connectivity index (χ0v) is 38.9. The van der Waals surface area contributed by atoms with Crippen molar-refractivity contribution in [3.05, 3.63) is 89.1 Å². The lowest BCUT2D eigenvalue weighted by molar-refractivity contribution is -0.136. The number of hydrogen-bond donors (Lipinski definition) is 2. The maximum Gasteiger partial charge on any atom is 0.266 e. The molecule has 1 unspecified atom stereocenters. The highest BCUT2D eigenvalue weighted by atomic mass is 32.2. The Balaban J connectivity index is 0.760. The fraction of sp³-hybridized carbons (Fsp3) is 0.458. The first-order valence-electron chi connectivity index (χ1n) is 22.6. The van der Waals surface area contributed by atoms with Gasteiger partial charge in [-0.3, -0.25) is 39.1 Å². The molecule has 5 heterocycles. The van der Waals surface area contributed by atoms with Gasteiger partial charge in [-0.05, 0) is 74.9 Å². The van der Waals surface area contributed by atoms with Crippen LogP contribution in [-0.2, 0) is 40.3 Å². The molecule has 0 radical (unpaired) electrons. The maximum atomic E-state index is 13.3. The van der Waals surface area contributed by atoms with Gasteiger partial charge in [0, 0.05) is 85.8 Å². The molecule has 0 spiro atoms. The monoisotopic (exact) mass is 940 g/mol. The molecule has 0 bridgehead atoms. The highest BCUT2D eigenvalue weighted by Crippen LogP contribution is 2.38. The third-order valence-corrected chi connectivity index (χ3v) is 15.6. The zero-order chi connectivity index (χ0) is 46.7. The van der Waals surface area contributed by atoms with Crippen LogP contribution in [0.25, 0.3) is 22.0 Å². The number of sulfonamides is 1. The zero-order valence-electron chi connectivity index (χ0n) is 37.2. The van der Waals surface area contributed by atoms with Crippen molar-refractivity contribution in [2.75, 3.05) is 65.8 Å². The molecule has 350 valence electrons. The quantitative estimate of drug-likeness (QED) is 0.0725. The minimum atomic E-state index is -3.33. The number of amides is 4. The van der Waals surface area contributed by atoms with Gasteiger partial charge >= 0.3 is 0 Å². The summed E-state index contributed by atoms with van der Waals surface area (Å²) in [4.78, 5) is 67.0. The molecule has 18 heteroatoms. The van der Waals surface area contributed by atoms with Crippen LogP contribution in [0, 0.1) is 5.92 Å². The highest BCUT2D eigenvalue weighted by Gasteiger charge is 2.46. The number of likely N-dealkylation sites (tertiary alicyclic amines) is 1. The van der Waals surface area contributed by atoms with E-state index in [1.54, 1.807) is 30.3 Å². The van der Waals surface area contributed by atoms with Gasteiger partial charge in [0.1, 0.15) is 29.2 Å². The second kappa shape index (κ2) is 20.2. The maximum absolute atomic E-state index is 13.3. The third-order valence-electron chi connectivity index (χ3n) is 13.0. The van der Waals surface area contributed by atoms with E-state index in [0.29, 0.717) is 83.2 Å². The van der Waals surface area contributed by atoms with Gasteiger partial charge in [0.05, 0.1) is 42.8 Å². The molecule has 3 fully saturated rings. The summed E-state index contributed by atoms with van der Waals surface area (Å²) in [6.07, 6.45) is 4.74. The van der Waals surface area contributed by atoms with Crippen LogP contribution in [0.15, 0.2) is 66.9 Å². The standard InChI is InChI=1S/C48H56N6O10S2/c1-30(2)66(60,61)52-17-15-35(16-18-52)53-29-38(32-5-3-6-33(26-32)45(49)65)36-11-9-31(25-40(36)53)10-13-41(55)34-27-51(28-34)19-20-62-21-22-63-23-24-64-42-8-4-7-37-44(42)48(59)54(47(37)58)39-12-14-43(56)50-46(39)57/h3-9,11,25-26,29-30,34-35,39H,10,12-24,27-28H2,1-2H3,(H2,49,65)(H,50,56,57). The molecule has 4 aliphatic heterocycles. The van der Waals surface area contributed by atoms with Crippen molar-refractivity contribution in [1.29, 1.82) is 0 Å². The van der Waals surface area contributed by atoms with Crippen LogP contribution in [0.2, 0.25) is 0 Å². The minimum Gasteiger partial charge on any atom is -0.490 e. The van der Waals surface area contributed by atoms with Gasteiger partial charge in [-0.2, -0.15) is 0 Å². The molecule has 1 atom stereocenters. The second-order valence-corrected chi connectivity index (χ2v) is 20.5. The molecule has 1 aromatic heterocycles. The Hall–Kier alpha value is -5.37. The number of thiocarbonyl (C=S) groups is 1. The molecule has 3 N–H and O–H groups in total. The average Bonchev–Trinajstić information content (AvgIpc) is 3.79. The number of ketones is 1. The van der Waals surface area contributed by atoms with E-state index in [4.69, 9.17) is 32.2 Å². The van der Waals surface area contributed by atoms with E-state index in [2.05, 4.69) is 39.2 Å². The minimum absolute atomic E-state index is 0.0134. The van der Waals surface area contributed by atoms with Crippen LogP contribution >= 0.6 is 12.2 Å². The predicted octanol–water partition coefficient (Wildman–Crippen LogP) is 4.26. The van der Waals surface area contributed by atoms with E-state index in [0.717, 1.165) is 38.1 Å². The number of hydrogen-bond acceptors (Lipinski definition) is 12. The van der Waals surface area contributed by atoms with Gasteiger partial charge in [0.25, 0.3) is 11.8 Å². The molecule has 66 heavy (non-hydrogen) atoms. The average molecular weight is 941 g/mol. The Morgan fingerprint density at radius 1 is 0.879 bits per heavy atom. The lowest BCUT2D eigenvalue weighted by Gasteiger charge is -2.38. The van der Waals surface area contributed by atoms with E-state index in [9.17, 15) is 32.4 Å². The van der Waals surface area contributed by atoms with Crippen LogP contribution in [-0.4, -0.2) is 139 Å². The van der Waals surface area contributed by atoms with Crippen molar-refractivity contribution in [2.24, 2.45) is 11.7 Å². The second-order valence-electron chi connectivity index (χ2n) is 17.6. The van der Waals surface area contributed by atoms with Crippen LogP contribution in [0.5, 0.6) is 5.75 Å². The van der Waals surface area contributed by atoms with Gasteiger partial charge in [-0.1, -0.05) is 48.6 Å². The molecule has 3 saturated heterocycles. The summed E-state index contributed by atoms with van der Waals surface area (Å²) in [7, 11) is -3.33. The number of aromatic nitrogens is 1. The Labute approximate surface area is 389 Å². The lowest BCUT2D eigenvalue weighted by atomic mass is 9.91. The molecule has 0 saturated carbocycles. The van der Waals surface area contributed by atoms with Crippen molar-refractivity contribution in [2.45, 2.75) is 69.7 Å². The molecule has 4 aromatic rings. The normalized spacial score (nSPS) is 18.8. The first-order valence-corrected chi connectivity index (χ1v) is 24.5. The summed E-state index contributed by atoms with van der Waals surface area (Å²) in [6, 6.07) is 18.1. The molecule has 3 aromatic carbocycles. The number of ether oxygens (including phenoxy) is 3. The summed E-state index contributed by atoms with van der Waals surface area (Å²) in [6.45, 7) is 8.00. The van der Waals surface area contributed by atoms with Gasteiger partial charge in [-0.15, -0.1) is 0 Å². The number of carbonyl (C=O) groups excluding carboxylic acids is 5. The van der Waals surface area contributed by atoms with E-state index in [1.807, 2.05) is 24.3 Å². The number of nitrogens with one attached hydrogen (secondary N) is 1. The van der Waals surface area contributed by atoms with E-state index in [-0.39, 0.29) is 60.7 Å². The number of carbonyl (C=O) groups is 5. The summed E-state index contributed by atoms with van der Waals surface area (Å²) < 4.78 is 47.0. The first-order chi connectivity index (χ1) is 31.7. The summed E-state index contributed by atoms with van der Waals surface area (Å²) in [5.41, 5.74) is 11.2. The van der Waals surface area contributed by atoms with Crippen molar-refractivity contribution < 1.29 is 46.6 Å². The summed E-state index contributed by atoms with van der Waals surface area (Å²) in [5.74, 6) is -1.88. The number of nitrogens with zero attached hydrogens (tertiary/aromatic N) is 4. The van der Waals surface area contributed by atoms with Crippen LogP contribution in [0.1, 0.15) is 83.8 Å². The molecule has 8 rings (SSSR count). The topological polar surface area (TPSA) is 200 Å². The first kappa shape index (κ1) is 47.1. The SMILES string of the molecule is CC(C)S(=O)(=O)N1CCC(n2cc(-c3cccc(C(N)=S)c3)c3ccc(CCC(=O)C4CN(CCOCCOCCOc5cccc6c5C(=O)N(C5CCC(=O)NC5=O)C6=O)C4)cc32)CC1. The van der Waals surface area contributed by atoms with Crippen LogP contribution < -0.4 is 15.8 Å². The Kier molecular flexibility index (Phi) is 14.5. The van der Waals surface area contributed by atoms with Crippen molar-refractivity contribution in [1.82, 2.24) is 24.0 Å². The molecule has 0 aliphatic carbocycles. The van der Waals surface area contributed by atoms with Gasteiger partial charge < -0.3 is 24.5 Å². The smallest absolute Gasteiger partial charge is 0.266 e. The number of imide groups is 2. The van der Waals surface area contributed by atoms with Crippen molar-refractivity contribution in [3.63, 3.8) is 0 Å². The van der Waals surface area contributed by atoms with Crippen LogP contribution in [0.3, 0.4) is 0 Å². The van der Waals surface area contributed by atoms with Gasteiger partial charge in [0.15, 0.2) is 0 Å². The van der Waals surface area contributed by atoms with Gasteiger partial charge in [-0.25, -0.2) is 12.7 Å². The summed E-state index contributed by atoms with van der Waals surface area (Å²) in [5, 5.41) is 2.81. The van der Waals surface area contributed by atoms with E-state index < -0.39 is 44.9 Å². The van der Waals surface area contributed by atoms with E-state index >= 15 is 0 Å². The van der Waals surface area contributed by atoms with Crippen molar-refractivity contribution in [3.8, 4) is 16.9 Å². The van der Waals surface area contributed by atoms with Crippen LogP contribution in [0.4, 0.5) is 0 Å². The number of Topliss-reactive ketones (excluding diaryl/α,β-unsaturated/α-hetero) is 1. The highest BCUT2D eigenvalue weighted by molar-refractivity contribution is 7.89. The fourth-order valence-electron chi connectivity index (χ4n) is 9.26. The summed E-state index contributed by atoms with van der Waals surface area (Å²) >= 11 is 5.28. The van der Waals surface area contributed by atoms with Gasteiger partial charge in [0.2, 0.25) is 21.8 Å². The Bertz CT molecular complexity index is 2650. The number of nitrogens with two attached hydrogens (primary N) is 1. The number of benzene rings is 3. The fourth-order valence-corrected chi connectivity index (χ4v) is 10.7. The molecular formula is C48H56N6O10S2. The molecular weight excluding hydrogens is 885 g/mol. The molecule has 4 aliphatic rings. The van der Waals surface area contributed by atoms with Crippen molar-refractivity contribution >= 4 is 67.5 Å². The van der Waals surface area contributed by atoms with E-state index in [1.165, 1.54) is 6.07 Å². The Morgan fingerprint density at radius 3 is 2.33 bits per heavy atom. The number of rotatable bonds is 20. The number of piperidine rings is 2. The third kappa shape index (κ3) is 9.99. The largest absolute Gasteiger partial charge is 0.490 e. The predicted molar refractivity (Wildman–Crippen MR) is 251 cm³/mol. The lowest BCUT2D eigenvalue weighted by Crippen LogP contribution is -2.54. The molecule has 4 amide bonds. The number of aryl methyl sites for hydroxylation is 1. The molecule has 16 nitrogen and oxygen atoms in total. The number of fused-ring (bicyclic) bond motifs is 2.